The number of alkyl halides is 1. The van der Waals surface area contributed by atoms with Crippen LogP contribution in [0.15, 0.2) is 54.9 Å². The molecule has 15 nitrogen and oxygen atoms in total. The Morgan fingerprint density at radius 3 is 2.42 bits per heavy atom. The Hall–Kier alpha value is -6.11. The lowest BCUT2D eigenvalue weighted by Gasteiger charge is -2.48. The van der Waals surface area contributed by atoms with Gasteiger partial charge in [0.15, 0.2) is 5.82 Å². The van der Waals surface area contributed by atoms with Gasteiger partial charge in [0.25, 0.3) is 5.91 Å². The molecule has 6 fully saturated rings. The maximum absolute atomic E-state index is 17.2. The molecule has 6 aromatic rings. The van der Waals surface area contributed by atoms with Crippen LogP contribution in [0.2, 0.25) is 0 Å². The minimum Gasteiger partial charge on any atom is -0.508 e. The van der Waals surface area contributed by atoms with Gasteiger partial charge in [-0.15, -0.1) is 0 Å². The molecule has 2 amide bonds. The summed E-state index contributed by atoms with van der Waals surface area (Å²) in [6.07, 6.45) is 9.98. The van der Waals surface area contributed by atoms with Crippen LogP contribution in [0.3, 0.4) is 0 Å². The minimum absolute atomic E-state index is 0.0370. The zero-order valence-corrected chi connectivity index (χ0v) is 40.1. The number of fused-ring (bicyclic) bond motifs is 3. The number of phenolic OH excluding ortho intramolecular Hbond substituents is 1. The Bertz CT molecular complexity index is 3070. The van der Waals surface area contributed by atoms with Gasteiger partial charge in [-0.05, 0) is 104 Å². The second kappa shape index (κ2) is 17.9. The monoisotopic (exact) mass is 972 g/mol. The van der Waals surface area contributed by atoms with Gasteiger partial charge in [0, 0.05) is 107 Å². The number of benzene rings is 3. The van der Waals surface area contributed by atoms with Crippen LogP contribution in [0.25, 0.3) is 43.8 Å². The number of nitrogens with one attached hydrogen (secondary N) is 1. The summed E-state index contributed by atoms with van der Waals surface area (Å²) in [6, 6.07) is 11.6. The van der Waals surface area contributed by atoms with Gasteiger partial charge in [-0.25, -0.2) is 13.2 Å². The number of anilines is 2. The zero-order valence-electron chi connectivity index (χ0n) is 40.1. The van der Waals surface area contributed by atoms with Crippen LogP contribution in [0.1, 0.15) is 76.3 Å². The molecule has 3 aromatic heterocycles. The van der Waals surface area contributed by atoms with E-state index in [0.717, 1.165) is 81.4 Å². The highest BCUT2D eigenvalue weighted by Crippen LogP contribution is 2.48. The number of likely N-dealkylation sites (tertiary alicyclic amines) is 1. The summed E-state index contributed by atoms with van der Waals surface area (Å²) < 4.78 is 63.3. The number of rotatable bonds is 12. The second-order valence-corrected chi connectivity index (χ2v) is 21.1. The Morgan fingerprint density at radius 2 is 1.68 bits per heavy atom. The van der Waals surface area contributed by atoms with E-state index in [1.165, 1.54) is 12.1 Å². The van der Waals surface area contributed by atoms with Gasteiger partial charge < -0.3 is 29.3 Å². The largest absolute Gasteiger partial charge is 0.508 e. The molecule has 12 rings (SSSR count). The van der Waals surface area contributed by atoms with Crippen LogP contribution in [-0.2, 0) is 20.7 Å². The van der Waals surface area contributed by atoms with Gasteiger partial charge in [-0.1, -0.05) is 13.0 Å². The van der Waals surface area contributed by atoms with Gasteiger partial charge in [0.1, 0.15) is 40.3 Å². The molecule has 1 unspecified atom stereocenters. The molecule has 0 radical (unpaired) electrons. The topological polar surface area (TPSA) is 154 Å². The maximum Gasteiger partial charge on any atom is 0.319 e. The van der Waals surface area contributed by atoms with E-state index in [4.69, 9.17) is 19.4 Å². The van der Waals surface area contributed by atoms with Gasteiger partial charge >= 0.3 is 6.01 Å². The average Bonchev–Trinajstić information content (AvgIpc) is 4.00. The fraction of sp³-hybridized carbons (Fsp3) is 0.509. The number of amides is 2. The summed E-state index contributed by atoms with van der Waals surface area (Å²) in [5, 5.41) is 20.1. The number of ether oxygens (including phenoxy) is 2. The molecule has 3 aromatic carbocycles. The smallest absolute Gasteiger partial charge is 0.319 e. The number of halogens is 3. The van der Waals surface area contributed by atoms with E-state index in [0.29, 0.717) is 99.2 Å². The Balaban J connectivity index is 0.704. The summed E-state index contributed by atoms with van der Waals surface area (Å²) in [5.74, 6) is -1.25. The van der Waals surface area contributed by atoms with Crippen molar-refractivity contribution in [2.75, 3.05) is 88.5 Å². The summed E-state index contributed by atoms with van der Waals surface area (Å²) in [5.41, 5.74) is 0.890. The number of aromatic hydroxyl groups is 1. The number of nitrogens with zero attached hydrogens (tertiary/aromatic N) is 9. The van der Waals surface area contributed by atoms with Crippen LogP contribution < -0.4 is 19.9 Å². The van der Waals surface area contributed by atoms with Crippen LogP contribution in [0, 0.1) is 17.0 Å². The van der Waals surface area contributed by atoms with Crippen molar-refractivity contribution in [3.05, 3.63) is 72.1 Å². The number of piperidine rings is 3. The van der Waals surface area contributed by atoms with Crippen LogP contribution in [-0.4, -0.2) is 141 Å². The molecular formula is C53H59F3N10O5. The number of hydrogen-bond donors (Lipinski definition) is 2. The molecule has 5 saturated heterocycles. The number of piperazine rings is 1. The average molecular weight is 973 g/mol. The highest BCUT2D eigenvalue weighted by molar-refractivity contribution is 6.02. The molecule has 1 spiro atoms. The van der Waals surface area contributed by atoms with E-state index >= 15 is 13.2 Å². The maximum atomic E-state index is 17.2. The molecule has 1 aliphatic carbocycles. The normalized spacial score (nSPS) is 23.7. The van der Waals surface area contributed by atoms with Crippen molar-refractivity contribution in [2.45, 2.75) is 88.4 Å². The summed E-state index contributed by atoms with van der Waals surface area (Å²) in [4.78, 5) is 47.6. The first-order valence-corrected chi connectivity index (χ1v) is 25.4. The number of pyridine rings is 1. The summed E-state index contributed by atoms with van der Waals surface area (Å²) in [7, 11) is 0. The lowest BCUT2D eigenvalue weighted by atomic mass is 9.86. The zero-order chi connectivity index (χ0) is 48.6. The molecule has 1 saturated carbocycles. The van der Waals surface area contributed by atoms with E-state index < -0.39 is 23.3 Å². The number of carbonyl (C=O) groups is 2. The highest BCUT2D eigenvalue weighted by Gasteiger charge is 2.47. The first kappa shape index (κ1) is 46.0. The van der Waals surface area contributed by atoms with Crippen molar-refractivity contribution < 1.29 is 37.3 Å². The van der Waals surface area contributed by atoms with Gasteiger partial charge in [-0.2, -0.15) is 15.1 Å². The molecule has 8 heterocycles. The molecule has 18 heteroatoms. The molecule has 6 aliphatic rings. The number of phenols is 1. The lowest BCUT2D eigenvalue weighted by molar-refractivity contribution is -0.151. The van der Waals surface area contributed by atoms with Crippen molar-refractivity contribution in [3.63, 3.8) is 0 Å². The fourth-order valence-corrected chi connectivity index (χ4v) is 12.0. The predicted molar refractivity (Wildman–Crippen MR) is 262 cm³/mol. The third-order valence-corrected chi connectivity index (χ3v) is 16.3. The van der Waals surface area contributed by atoms with Crippen LogP contribution >= 0.6 is 0 Å². The third kappa shape index (κ3) is 8.68. The van der Waals surface area contributed by atoms with E-state index in [1.807, 2.05) is 19.1 Å². The van der Waals surface area contributed by atoms with Crippen molar-refractivity contribution in [2.24, 2.45) is 5.41 Å². The number of imide groups is 1. The van der Waals surface area contributed by atoms with Crippen molar-refractivity contribution in [1.82, 2.24) is 39.8 Å². The van der Waals surface area contributed by atoms with Crippen molar-refractivity contribution >= 4 is 55.9 Å². The first-order chi connectivity index (χ1) is 34.4. The van der Waals surface area contributed by atoms with Crippen molar-refractivity contribution in [3.8, 4) is 23.0 Å². The number of hydrogen-bond acceptors (Lipinski definition) is 13. The SMILES string of the molecule is CCc1c(F)ccc2cc(O)cc(-c3ncc4c(N5CCC[C@]6(CCO6)C5)nc(OCC5(CN6CCC(F)(CN7CCN(c8ccc9c(cnn9C9CCC(=O)NC9=O)c8)CC7)CC6)CC5)nc4c3F)c12. The molecule has 71 heavy (non-hydrogen) atoms. The van der Waals surface area contributed by atoms with E-state index in [2.05, 4.69) is 41.1 Å². The molecule has 0 bridgehead atoms. The van der Waals surface area contributed by atoms with Crippen LogP contribution in [0.5, 0.6) is 11.8 Å². The van der Waals surface area contributed by atoms with E-state index in [9.17, 15) is 14.7 Å². The Labute approximate surface area is 409 Å². The molecular weight excluding hydrogens is 914 g/mol. The van der Waals surface area contributed by atoms with E-state index in [-0.39, 0.29) is 57.8 Å². The molecule has 5 aliphatic heterocycles. The number of carbonyl (C=O) groups excluding carboxylic acids is 2. The number of aromatic nitrogens is 5. The van der Waals surface area contributed by atoms with Crippen molar-refractivity contribution in [1.29, 1.82) is 0 Å². The highest BCUT2D eigenvalue weighted by atomic mass is 19.1. The standard InChI is InChI=1S/C53H59F3N10O5/c1-2-37-40(54)6-4-33-25-36(67)26-38(44(33)37)46-45(55)47-39(28-57-46)48(65-16-3-10-53(31-65)15-23-71-53)61-50(60-47)70-32-51(11-12-51)29-62-17-13-52(56,14-18-62)30-63-19-21-64(22-20-63)35-5-7-41-34(24-35)27-58-66(41)42-8-9-43(68)59-49(42)69/h4-7,24-28,42,67H,2-3,8-23,29-32H2,1H3,(H,59,68,69)/t42?,53-/m0/s1. The molecule has 372 valence electrons. The predicted octanol–water partition coefficient (Wildman–Crippen LogP) is 7.26. The Morgan fingerprint density at radius 1 is 0.873 bits per heavy atom. The minimum atomic E-state index is -1.28. The van der Waals surface area contributed by atoms with Gasteiger partial charge in [0.05, 0.1) is 35.9 Å². The summed E-state index contributed by atoms with van der Waals surface area (Å²) in [6.45, 7) is 9.68. The fourth-order valence-electron chi connectivity index (χ4n) is 12.0. The Kier molecular flexibility index (Phi) is 11.6. The first-order valence-electron chi connectivity index (χ1n) is 25.4. The lowest BCUT2D eigenvalue weighted by Crippen LogP contribution is -2.56. The van der Waals surface area contributed by atoms with Gasteiger partial charge in [-0.3, -0.25) is 29.5 Å². The van der Waals surface area contributed by atoms with E-state index in [1.54, 1.807) is 29.2 Å². The number of aryl methyl sites for hydroxylation is 1. The van der Waals surface area contributed by atoms with Gasteiger partial charge in [0.2, 0.25) is 5.91 Å². The van der Waals surface area contributed by atoms with Crippen LogP contribution in [0.4, 0.5) is 24.7 Å². The molecule has 2 N–H and O–H groups in total. The molecule has 2 atom stereocenters. The third-order valence-electron chi connectivity index (χ3n) is 16.3. The quantitative estimate of drug-likeness (QED) is 0.118. The second-order valence-electron chi connectivity index (χ2n) is 21.1. The summed E-state index contributed by atoms with van der Waals surface area (Å²) >= 11 is 0.